The number of pyridine rings is 1. The summed E-state index contributed by atoms with van der Waals surface area (Å²) < 4.78 is 0. The summed E-state index contributed by atoms with van der Waals surface area (Å²) in [6.45, 7) is 8.57. The zero-order chi connectivity index (χ0) is 8.48. The first kappa shape index (κ1) is 8.25. The second-order valence-corrected chi connectivity index (χ2v) is 3.97. The van der Waals surface area contributed by atoms with Gasteiger partial charge in [-0.2, -0.15) is 0 Å². The molecular weight excluding hydrogens is 136 g/mol. The lowest BCUT2D eigenvalue weighted by Crippen LogP contribution is -2.12. The summed E-state index contributed by atoms with van der Waals surface area (Å²) in [5.74, 6) is 0. The van der Waals surface area contributed by atoms with Gasteiger partial charge in [-0.25, -0.2) is 0 Å². The van der Waals surface area contributed by atoms with Crippen LogP contribution in [0.3, 0.4) is 0 Å². The molecule has 0 saturated heterocycles. The second-order valence-electron chi connectivity index (χ2n) is 3.97. The van der Waals surface area contributed by atoms with E-state index in [1.165, 1.54) is 5.56 Å². The van der Waals surface area contributed by atoms with Gasteiger partial charge in [0.1, 0.15) is 0 Å². The Morgan fingerprint density at radius 3 is 2.18 bits per heavy atom. The number of aromatic nitrogens is 1. The summed E-state index contributed by atoms with van der Waals surface area (Å²) in [6.07, 6.45) is 1.92. The number of nitrogens with zero attached hydrogens (tertiary/aromatic N) is 1. The third-order valence-corrected chi connectivity index (χ3v) is 1.68. The standard InChI is InChI=1S/C10H15N/c1-8-5-6-9(11-7-8)10(2,3)4/h5-7H,1-4H3/i10+2. The van der Waals surface area contributed by atoms with Crippen LogP contribution in [0.25, 0.3) is 0 Å². The van der Waals surface area contributed by atoms with E-state index in [-0.39, 0.29) is 5.41 Å². The zero-order valence-electron chi connectivity index (χ0n) is 7.68. The van der Waals surface area contributed by atoms with Gasteiger partial charge in [-0.05, 0) is 18.6 Å². The average Bonchev–Trinajstić information content (AvgIpc) is 1.86. The predicted octanol–water partition coefficient (Wildman–Crippen LogP) is 2.69. The van der Waals surface area contributed by atoms with Crippen molar-refractivity contribution >= 4 is 0 Å². The molecule has 1 aromatic heterocycles. The number of rotatable bonds is 0. The Bertz CT molecular complexity index is 228. The molecule has 0 fully saturated rings. The van der Waals surface area contributed by atoms with Gasteiger partial charge < -0.3 is 0 Å². The van der Waals surface area contributed by atoms with Crippen LogP contribution >= 0.6 is 0 Å². The summed E-state index contributed by atoms with van der Waals surface area (Å²) in [6, 6.07) is 4.20. The molecule has 0 radical (unpaired) electrons. The van der Waals surface area contributed by atoms with E-state index < -0.39 is 0 Å². The molecule has 0 aromatic carbocycles. The highest BCUT2D eigenvalue weighted by Crippen LogP contribution is 2.19. The molecule has 1 aromatic rings. The second kappa shape index (κ2) is 2.65. The van der Waals surface area contributed by atoms with Gasteiger partial charge in [0.2, 0.25) is 0 Å². The highest BCUT2D eigenvalue weighted by molar-refractivity contribution is 5.17. The smallest absolute Gasteiger partial charge is 0.0457 e. The van der Waals surface area contributed by atoms with Crippen molar-refractivity contribution in [3.8, 4) is 0 Å². The van der Waals surface area contributed by atoms with E-state index in [4.69, 9.17) is 0 Å². The van der Waals surface area contributed by atoms with E-state index in [0.717, 1.165) is 5.69 Å². The van der Waals surface area contributed by atoms with Crippen LogP contribution in [-0.4, -0.2) is 4.98 Å². The Morgan fingerprint density at radius 1 is 1.18 bits per heavy atom. The van der Waals surface area contributed by atoms with Crippen molar-refractivity contribution in [1.82, 2.24) is 4.98 Å². The van der Waals surface area contributed by atoms with Crippen molar-refractivity contribution in [2.75, 3.05) is 0 Å². The normalized spacial score (nSPS) is 11.6. The minimum absolute atomic E-state index is 0.174. The molecule has 1 nitrogen and oxygen atoms in total. The van der Waals surface area contributed by atoms with Crippen LogP contribution in [0.15, 0.2) is 18.3 Å². The van der Waals surface area contributed by atoms with Crippen molar-refractivity contribution in [3.63, 3.8) is 0 Å². The van der Waals surface area contributed by atoms with Crippen LogP contribution in [0, 0.1) is 6.92 Å². The van der Waals surface area contributed by atoms with E-state index in [1.807, 2.05) is 6.20 Å². The monoisotopic (exact) mass is 151 g/mol. The molecule has 0 aliphatic carbocycles. The molecule has 11 heavy (non-hydrogen) atoms. The Morgan fingerprint density at radius 2 is 1.82 bits per heavy atom. The molecule has 60 valence electrons. The van der Waals surface area contributed by atoms with E-state index in [0.29, 0.717) is 0 Å². The molecule has 0 aliphatic heterocycles. The molecule has 0 amide bonds. The van der Waals surface area contributed by atoms with Crippen LogP contribution in [0.4, 0.5) is 0 Å². The molecule has 0 bridgehead atoms. The van der Waals surface area contributed by atoms with Crippen LogP contribution in [0.1, 0.15) is 32.0 Å². The third-order valence-electron chi connectivity index (χ3n) is 1.68. The fourth-order valence-corrected chi connectivity index (χ4v) is 0.911. The summed E-state index contributed by atoms with van der Waals surface area (Å²) in [4.78, 5) is 4.35. The number of hydrogen-bond donors (Lipinski definition) is 0. The quantitative estimate of drug-likeness (QED) is 0.555. The van der Waals surface area contributed by atoms with Crippen molar-refractivity contribution in [1.29, 1.82) is 0 Å². The van der Waals surface area contributed by atoms with E-state index in [1.54, 1.807) is 0 Å². The van der Waals surface area contributed by atoms with Gasteiger partial charge in [0.25, 0.3) is 0 Å². The molecule has 0 N–H and O–H groups in total. The Labute approximate surface area is 68.5 Å². The predicted molar refractivity (Wildman–Crippen MR) is 47.7 cm³/mol. The van der Waals surface area contributed by atoms with E-state index in [9.17, 15) is 0 Å². The van der Waals surface area contributed by atoms with Gasteiger partial charge in [0.15, 0.2) is 0 Å². The van der Waals surface area contributed by atoms with Gasteiger partial charge in [-0.1, -0.05) is 26.8 Å². The topological polar surface area (TPSA) is 12.9 Å². The molecule has 0 aliphatic rings. The largest absolute Gasteiger partial charge is 0.260 e. The van der Waals surface area contributed by atoms with Gasteiger partial charge in [0.05, 0.1) is 0 Å². The molecule has 0 saturated carbocycles. The SMILES string of the molecule is Cc1ccc([14C](C)(C)C)nc1. The first-order valence-electron chi connectivity index (χ1n) is 3.93. The number of hydrogen-bond acceptors (Lipinski definition) is 1. The summed E-state index contributed by atoms with van der Waals surface area (Å²) in [7, 11) is 0. The maximum Gasteiger partial charge on any atom is 0.0457 e. The fourth-order valence-electron chi connectivity index (χ4n) is 0.911. The van der Waals surface area contributed by atoms with Gasteiger partial charge in [-0.3, -0.25) is 4.98 Å². The lowest BCUT2D eigenvalue weighted by atomic mass is 10.3. The molecule has 0 unspecified atom stereocenters. The molecule has 0 spiro atoms. The van der Waals surface area contributed by atoms with Crippen LogP contribution in [0.2, 0.25) is 0 Å². The Hall–Kier alpha value is -0.850. The van der Waals surface area contributed by atoms with Crippen LogP contribution in [0.5, 0.6) is 0 Å². The fraction of sp³-hybridized carbons (Fsp3) is 0.500. The lowest BCUT2D eigenvalue weighted by Gasteiger charge is -2.16. The summed E-state index contributed by atoms with van der Waals surface area (Å²) in [5, 5.41) is 0. The van der Waals surface area contributed by atoms with Crippen LogP contribution in [-0.2, 0) is 5.41 Å². The first-order valence-corrected chi connectivity index (χ1v) is 3.93. The minimum atomic E-state index is 0.174. The highest BCUT2D eigenvalue weighted by Gasteiger charge is 2.13. The Balaban J connectivity index is 2.99. The van der Waals surface area contributed by atoms with Crippen molar-refractivity contribution < 1.29 is 0 Å². The average molecular weight is 151 g/mol. The lowest BCUT2D eigenvalue weighted by molar-refractivity contribution is 0.568. The summed E-state index contributed by atoms with van der Waals surface area (Å²) in [5.41, 5.74) is 2.55. The molecular formula is C10H15N. The molecule has 0 atom stereocenters. The van der Waals surface area contributed by atoms with Crippen molar-refractivity contribution in [2.45, 2.75) is 33.1 Å². The van der Waals surface area contributed by atoms with Crippen molar-refractivity contribution in [3.05, 3.63) is 29.6 Å². The molecule has 1 heterocycles. The number of aryl methyl sites for hydroxylation is 1. The summed E-state index contributed by atoms with van der Waals surface area (Å²) >= 11 is 0. The van der Waals surface area contributed by atoms with Gasteiger partial charge in [0, 0.05) is 17.3 Å². The van der Waals surface area contributed by atoms with Crippen LogP contribution < -0.4 is 0 Å². The van der Waals surface area contributed by atoms with Gasteiger partial charge in [-0.15, -0.1) is 0 Å². The van der Waals surface area contributed by atoms with Gasteiger partial charge >= 0.3 is 0 Å². The highest BCUT2D eigenvalue weighted by atomic mass is 15.3. The van der Waals surface area contributed by atoms with E-state index in [2.05, 4.69) is 44.8 Å². The Kier molecular flexibility index (Phi) is 1.99. The maximum atomic E-state index is 4.35. The molecule has 1 rings (SSSR count). The van der Waals surface area contributed by atoms with E-state index >= 15 is 0 Å². The molecule has 1 heteroatoms. The van der Waals surface area contributed by atoms with Crippen molar-refractivity contribution in [2.24, 2.45) is 0 Å². The minimum Gasteiger partial charge on any atom is -0.260 e. The maximum absolute atomic E-state index is 4.35. The zero-order valence-corrected chi connectivity index (χ0v) is 7.68. The first-order chi connectivity index (χ1) is 5.00. The third kappa shape index (κ3) is 2.04.